The van der Waals surface area contributed by atoms with E-state index in [1.165, 1.54) is 16.7 Å². The van der Waals surface area contributed by atoms with Crippen molar-refractivity contribution in [1.82, 2.24) is 30.5 Å². The molecule has 0 aliphatic rings. The number of fused-ring (bicyclic) bond motifs is 2. The van der Waals surface area contributed by atoms with Gasteiger partial charge >= 0.3 is 0 Å². The number of aromatic amines is 2. The van der Waals surface area contributed by atoms with E-state index in [9.17, 15) is 4.79 Å². The second-order valence-corrected chi connectivity index (χ2v) is 12.9. The number of amides is 1. The predicted octanol–water partition coefficient (Wildman–Crippen LogP) is 9.00. The Balaban J connectivity index is 1.40. The molecule has 8 nitrogen and oxygen atoms in total. The second kappa shape index (κ2) is 14.5. The van der Waals surface area contributed by atoms with E-state index in [0.717, 1.165) is 94.5 Å². The molecule has 0 bridgehead atoms. The number of pyridine rings is 1. The first-order chi connectivity index (χ1) is 23.3. The van der Waals surface area contributed by atoms with Crippen LogP contribution in [0.5, 0.6) is 0 Å². The number of nitrogens with one attached hydrogen (secondary N) is 3. The number of carbonyl (C=O) groups excluding carboxylic acids is 1. The fourth-order valence-electron chi connectivity index (χ4n) is 6.28. The van der Waals surface area contributed by atoms with E-state index < -0.39 is 0 Å². The quantitative estimate of drug-likeness (QED) is 0.117. The van der Waals surface area contributed by atoms with Crippen molar-refractivity contribution >= 4 is 33.7 Å². The first-order valence-electron chi connectivity index (χ1n) is 17.4. The van der Waals surface area contributed by atoms with Crippen LogP contribution in [-0.2, 0) is 24.2 Å². The van der Waals surface area contributed by atoms with Crippen molar-refractivity contribution in [2.45, 2.75) is 85.7 Å². The van der Waals surface area contributed by atoms with E-state index in [1.54, 1.807) is 4.90 Å². The number of hydrogen-bond donors (Lipinski definition) is 3. The number of para-hydroxylation sites is 1. The summed E-state index contributed by atoms with van der Waals surface area (Å²) in [5.74, 6) is 0.831. The smallest absolute Gasteiger partial charge is 0.226 e. The summed E-state index contributed by atoms with van der Waals surface area (Å²) < 4.78 is 0. The highest BCUT2D eigenvalue weighted by Gasteiger charge is 2.18. The van der Waals surface area contributed by atoms with Gasteiger partial charge in [-0.1, -0.05) is 64.4 Å². The zero-order chi connectivity index (χ0) is 33.8. The largest absolute Gasteiger partial charge is 0.337 e. The minimum Gasteiger partial charge on any atom is -0.337 e. The van der Waals surface area contributed by atoms with Gasteiger partial charge in [0.25, 0.3) is 0 Å². The van der Waals surface area contributed by atoms with E-state index in [4.69, 9.17) is 9.97 Å². The highest BCUT2D eigenvalue weighted by atomic mass is 16.2. The molecule has 1 atom stereocenters. The van der Waals surface area contributed by atoms with E-state index in [0.29, 0.717) is 18.1 Å². The van der Waals surface area contributed by atoms with Gasteiger partial charge in [-0.25, -0.2) is 9.97 Å². The summed E-state index contributed by atoms with van der Waals surface area (Å²) in [6.45, 7) is 11.7. The molecule has 1 amide bonds. The number of imidazole rings is 1. The molecule has 0 spiro atoms. The van der Waals surface area contributed by atoms with Crippen LogP contribution < -0.4 is 10.2 Å². The molecule has 3 heterocycles. The van der Waals surface area contributed by atoms with Crippen molar-refractivity contribution in [1.29, 1.82) is 0 Å². The third-order valence-electron chi connectivity index (χ3n) is 9.27. The molecule has 248 valence electrons. The van der Waals surface area contributed by atoms with Crippen LogP contribution in [0.1, 0.15) is 77.0 Å². The van der Waals surface area contributed by atoms with Gasteiger partial charge in [0, 0.05) is 49.1 Å². The average molecular weight is 642 g/mol. The summed E-state index contributed by atoms with van der Waals surface area (Å²) in [5.41, 5.74) is 12.3. The number of aromatic nitrogens is 5. The van der Waals surface area contributed by atoms with E-state index in [2.05, 4.69) is 109 Å². The van der Waals surface area contributed by atoms with Crippen LogP contribution in [0.25, 0.3) is 55.8 Å². The number of benzene rings is 3. The van der Waals surface area contributed by atoms with Gasteiger partial charge in [0.15, 0.2) is 11.5 Å². The van der Waals surface area contributed by atoms with Crippen molar-refractivity contribution < 1.29 is 4.79 Å². The average Bonchev–Trinajstić information content (AvgIpc) is 3.74. The minimum absolute atomic E-state index is 0.114. The van der Waals surface area contributed by atoms with Crippen LogP contribution in [0.3, 0.4) is 0 Å². The Labute approximate surface area is 283 Å². The topological polar surface area (TPSA) is 103 Å². The lowest BCUT2D eigenvalue weighted by atomic mass is 9.97. The molecule has 0 saturated carbocycles. The van der Waals surface area contributed by atoms with E-state index in [-0.39, 0.29) is 5.91 Å². The summed E-state index contributed by atoms with van der Waals surface area (Å²) in [7, 11) is 1.85. The van der Waals surface area contributed by atoms with Gasteiger partial charge in [-0.15, -0.1) is 0 Å². The summed E-state index contributed by atoms with van der Waals surface area (Å²) in [6.07, 6.45) is 7.29. The molecule has 0 saturated heterocycles. The van der Waals surface area contributed by atoms with Crippen LogP contribution in [0.15, 0.2) is 66.9 Å². The van der Waals surface area contributed by atoms with Gasteiger partial charge < -0.3 is 15.2 Å². The number of H-pyrrole nitrogens is 2. The molecule has 0 aliphatic carbocycles. The van der Waals surface area contributed by atoms with Crippen molar-refractivity contribution in [2.24, 2.45) is 0 Å². The number of aryl methyl sites for hydroxylation is 2. The highest BCUT2D eigenvalue weighted by Crippen LogP contribution is 2.34. The maximum atomic E-state index is 12.7. The number of anilines is 1. The molecular weight excluding hydrogens is 594 g/mol. The predicted molar refractivity (Wildman–Crippen MR) is 198 cm³/mol. The van der Waals surface area contributed by atoms with E-state index >= 15 is 0 Å². The molecule has 0 radical (unpaired) electrons. The molecular formula is C40H47N7O. The zero-order valence-electron chi connectivity index (χ0n) is 29.1. The van der Waals surface area contributed by atoms with Crippen LogP contribution >= 0.6 is 0 Å². The summed E-state index contributed by atoms with van der Waals surface area (Å²) in [4.78, 5) is 27.9. The highest BCUT2D eigenvalue weighted by molar-refractivity contribution is 5.98. The maximum absolute atomic E-state index is 12.7. The SMILES string of the molecule is CCCC(=O)N(C)c1cc(CC)cc(-c2cnc3n[nH]c(-c4nc5c(-c6cc(CCC)cc(CNC(C)CC)c6)cccc5[nH]4)c3c2)c1. The number of nitrogens with zero attached hydrogens (tertiary/aromatic N) is 4. The monoisotopic (exact) mass is 641 g/mol. The summed E-state index contributed by atoms with van der Waals surface area (Å²) in [6, 6.07) is 22.2. The molecule has 0 aliphatic heterocycles. The lowest BCUT2D eigenvalue weighted by Gasteiger charge is -2.19. The lowest BCUT2D eigenvalue weighted by Crippen LogP contribution is -2.25. The maximum Gasteiger partial charge on any atom is 0.226 e. The first-order valence-corrected chi connectivity index (χ1v) is 17.4. The molecule has 8 heteroatoms. The fourth-order valence-corrected chi connectivity index (χ4v) is 6.28. The van der Waals surface area contributed by atoms with Gasteiger partial charge in [-0.05, 0) is 90.8 Å². The molecule has 6 rings (SSSR count). The van der Waals surface area contributed by atoms with Gasteiger partial charge in [0.2, 0.25) is 5.91 Å². The third-order valence-corrected chi connectivity index (χ3v) is 9.27. The standard InChI is InChI=1S/C40H47N7O/c1-7-12-27-16-28(23-41-25(5)9-3)19-30(18-27)33-14-11-15-35-37(33)44-40(43-35)38-34-22-31(24-42-39(34)46-45-38)29-17-26(10-4)20-32(21-29)47(6)36(48)13-8-2/h11,14-22,24-25,41H,7-10,12-13,23H2,1-6H3,(H,43,44)(H,42,45,46). The molecule has 48 heavy (non-hydrogen) atoms. The van der Waals surface area contributed by atoms with Crippen molar-refractivity contribution in [2.75, 3.05) is 11.9 Å². The van der Waals surface area contributed by atoms with Gasteiger partial charge in [0.05, 0.1) is 16.4 Å². The molecule has 0 fully saturated rings. The molecule has 1 unspecified atom stereocenters. The number of hydrogen-bond acceptors (Lipinski definition) is 5. The Morgan fingerprint density at radius 2 is 1.73 bits per heavy atom. The van der Waals surface area contributed by atoms with Gasteiger partial charge in [-0.2, -0.15) is 5.10 Å². The number of rotatable bonds is 13. The van der Waals surface area contributed by atoms with Crippen LogP contribution in [0, 0.1) is 0 Å². The van der Waals surface area contributed by atoms with Crippen molar-refractivity contribution in [3.8, 4) is 33.8 Å². The minimum atomic E-state index is 0.114. The van der Waals surface area contributed by atoms with Gasteiger partial charge in [-0.3, -0.25) is 9.89 Å². The van der Waals surface area contributed by atoms with Crippen LogP contribution in [-0.4, -0.2) is 44.1 Å². The second-order valence-electron chi connectivity index (χ2n) is 12.9. The Hall–Kier alpha value is -4.82. The molecule has 3 aromatic carbocycles. The van der Waals surface area contributed by atoms with Crippen molar-refractivity contribution in [3.63, 3.8) is 0 Å². The number of carbonyl (C=O) groups is 1. The Kier molecular flexibility index (Phi) is 10.0. The van der Waals surface area contributed by atoms with Crippen LogP contribution in [0.2, 0.25) is 0 Å². The summed E-state index contributed by atoms with van der Waals surface area (Å²) in [5, 5.41) is 12.3. The Morgan fingerprint density at radius 3 is 2.50 bits per heavy atom. The van der Waals surface area contributed by atoms with Crippen LogP contribution in [0.4, 0.5) is 5.69 Å². The first kappa shape index (κ1) is 33.1. The summed E-state index contributed by atoms with van der Waals surface area (Å²) >= 11 is 0. The van der Waals surface area contributed by atoms with Gasteiger partial charge in [0.1, 0.15) is 5.69 Å². The molecule has 3 aromatic heterocycles. The molecule has 6 aromatic rings. The Morgan fingerprint density at radius 1 is 0.917 bits per heavy atom. The normalized spacial score (nSPS) is 12.2. The zero-order valence-corrected chi connectivity index (χ0v) is 29.1. The third kappa shape index (κ3) is 6.90. The lowest BCUT2D eigenvalue weighted by molar-refractivity contribution is -0.118. The van der Waals surface area contributed by atoms with E-state index in [1.807, 2.05) is 20.2 Å². The molecule has 3 N–H and O–H groups in total. The fraction of sp³-hybridized carbons (Fsp3) is 0.350. The van der Waals surface area contributed by atoms with Crippen molar-refractivity contribution in [3.05, 3.63) is 83.6 Å². The Bertz CT molecular complexity index is 2060.